The molecule has 112 valence electrons. The van der Waals surface area contributed by atoms with Gasteiger partial charge in [0.15, 0.2) is 5.72 Å². The smallest absolute Gasteiger partial charge is 0.254 e. The second kappa shape index (κ2) is 4.26. The summed E-state index contributed by atoms with van der Waals surface area (Å²) in [6, 6.07) is 12.0. The predicted molar refractivity (Wildman–Crippen MR) is 83.8 cm³/mol. The molecule has 2 aliphatic heterocycles. The van der Waals surface area contributed by atoms with E-state index in [0.29, 0.717) is 12.0 Å². The summed E-state index contributed by atoms with van der Waals surface area (Å²) in [7, 11) is 0. The second-order valence-corrected chi connectivity index (χ2v) is 6.24. The highest BCUT2D eigenvalue weighted by molar-refractivity contribution is 5.99. The number of nitrogens with one attached hydrogen (secondary N) is 1. The van der Waals surface area contributed by atoms with Crippen LogP contribution < -0.4 is 10.1 Å². The van der Waals surface area contributed by atoms with E-state index in [4.69, 9.17) is 4.74 Å². The minimum atomic E-state index is -0.726. The van der Waals surface area contributed by atoms with Gasteiger partial charge >= 0.3 is 0 Å². The van der Waals surface area contributed by atoms with Crippen LogP contribution in [0, 0.1) is 0 Å². The third-order valence-electron chi connectivity index (χ3n) is 4.57. The molecule has 1 amide bonds. The lowest BCUT2D eigenvalue weighted by Crippen LogP contribution is -2.58. The van der Waals surface area contributed by atoms with Crippen molar-refractivity contribution in [3.8, 4) is 5.75 Å². The lowest BCUT2D eigenvalue weighted by atomic mass is 9.76. The van der Waals surface area contributed by atoms with Crippen molar-refractivity contribution in [2.75, 3.05) is 0 Å². The zero-order chi connectivity index (χ0) is 15.5. The van der Waals surface area contributed by atoms with Crippen LogP contribution in [0.25, 0.3) is 10.8 Å². The molecule has 4 rings (SSSR count). The van der Waals surface area contributed by atoms with Gasteiger partial charge < -0.3 is 15.2 Å². The van der Waals surface area contributed by atoms with Gasteiger partial charge in [-0.15, -0.1) is 0 Å². The topological polar surface area (TPSA) is 58.6 Å². The highest BCUT2D eigenvalue weighted by Crippen LogP contribution is 2.49. The van der Waals surface area contributed by atoms with Crippen molar-refractivity contribution in [3.05, 3.63) is 53.3 Å². The molecule has 0 radical (unpaired) electrons. The molecule has 1 saturated heterocycles. The third-order valence-corrected chi connectivity index (χ3v) is 4.57. The Kier molecular flexibility index (Phi) is 2.55. The average molecular weight is 295 g/mol. The van der Waals surface area contributed by atoms with Gasteiger partial charge in [-0.3, -0.25) is 4.79 Å². The normalized spacial score (nSPS) is 28.6. The molecule has 4 nitrogen and oxygen atoms in total. The van der Waals surface area contributed by atoms with Gasteiger partial charge in [0.1, 0.15) is 5.75 Å². The number of hydrogen-bond acceptors (Lipinski definition) is 3. The van der Waals surface area contributed by atoms with Crippen LogP contribution >= 0.6 is 0 Å². The zero-order valence-corrected chi connectivity index (χ0v) is 12.5. The molecule has 2 heterocycles. The van der Waals surface area contributed by atoms with E-state index < -0.39 is 5.72 Å². The van der Waals surface area contributed by atoms with Crippen LogP contribution in [-0.2, 0) is 4.79 Å². The Morgan fingerprint density at radius 2 is 2.09 bits per heavy atom. The first-order chi connectivity index (χ1) is 10.5. The monoisotopic (exact) mass is 295 g/mol. The number of fused-ring (bicyclic) bond motifs is 6. The van der Waals surface area contributed by atoms with Crippen molar-refractivity contribution in [3.63, 3.8) is 0 Å². The summed E-state index contributed by atoms with van der Waals surface area (Å²) in [4.78, 5) is 12.4. The third kappa shape index (κ3) is 1.73. The molecular weight excluding hydrogens is 278 g/mol. The maximum atomic E-state index is 12.4. The van der Waals surface area contributed by atoms with Crippen LogP contribution in [0.2, 0.25) is 0 Å². The molecule has 2 N–H and O–H groups in total. The first kappa shape index (κ1) is 13.2. The van der Waals surface area contributed by atoms with E-state index in [2.05, 4.69) is 5.32 Å². The number of hydrogen-bond donors (Lipinski definition) is 2. The van der Waals surface area contributed by atoms with E-state index in [1.807, 2.05) is 43.3 Å². The SMILES string of the molecule is C/C(O)=C1\C(=O)NC2(C)CC1c1c(ccc3ccccc13)O2. The summed E-state index contributed by atoms with van der Waals surface area (Å²) < 4.78 is 6.06. The maximum Gasteiger partial charge on any atom is 0.254 e. The van der Waals surface area contributed by atoms with Crippen molar-refractivity contribution in [1.82, 2.24) is 5.32 Å². The standard InChI is InChI=1S/C18H17NO3/c1-10(20)15-13-9-18(2,19-17(15)21)22-14-8-7-11-5-3-4-6-12(11)16(13)14/h3-8,13,20H,9H2,1-2H3,(H,19,21)/b15-10+. The largest absolute Gasteiger partial charge is 0.512 e. The molecule has 0 spiro atoms. The molecule has 1 fully saturated rings. The molecule has 22 heavy (non-hydrogen) atoms. The van der Waals surface area contributed by atoms with Crippen molar-refractivity contribution in [1.29, 1.82) is 0 Å². The lowest BCUT2D eigenvalue weighted by molar-refractivity contribution is -0.127. The quantitative estimate of drug-likeness (QED) is 0.578. The van der Waals surface area contributed by atoms with Crippen molar-refractivity contribution >= 4 is 16.7 Å². The average Bonchev–Trinajstić information content (AvgIpc) is 2.44. The molecule has 0 aromatic heterocycles. The molecule has 0 saturated carbocycles. The Morgan fingerprint density at radius 1 is 1.32 bits per heavy atom. The predicted octanol–water partition coefficient (Wildman–Crippen LogP) is 3.38. The van der Waals surface area contributed by atoms with Gasteiger partial charge in [0.25, 0.3) is 5.91 Å². The van der Waals surface area contributed by atoms with Crippen LogP contribution in [0.4, 0.5) is 0 Å². The zero-order valence-electron chi connectivity index (χ0n) is 12.5. The fourth-order valence-corrected chi connectivity index (χ4v) is 3.71. The summed E-state index contributed by atoms with van der Waals surface area (Å²) in [5, 5.41) is 15.1. The van der Waals surface area contributed by atoms with Gasteiger partial charge in [-0.05, 0) is 30.7 Å². The van der Waals surface area contributed by atoms with Crippen LogP contribution in [0.15, 0.2) is 47.7 Å². The fourth-order valence-electron chi connectivity index (χ4n) is 3.71. The lowest BCUT2D eigenvalue weighted by Gasteiger charge is -2.45. The van der Waals surface area contributed by atoms with E-state index in [-0.39, 0.29) is 17.6 Å². The summed E-state index contributed by atoms with van der Waals surface area (Å²) in [5.74, 6) is 0.442. The highest BCUT2D eigenvalue weighted by Gasteiger charge is 2.47. The van der Waals surface area contributed by atoms with Crippen molar-refractivity contribution in [2.45, 2.75) is 31.9 Å². The Labute approximate surface area is 128 Å². The molecular formula is C18H17NO3. The molecule has 0 aliphatic carbocycles. The number of amides is 1. The number of piperidine rings is 1. The number of aliphatic hydroxyl groups excluding tert-OH is 1. The van der Waals surface area contributed by atoms with Gasteiger partial charge in [-0.25, -0.2) is 0 Å². The molecule has 2 aromatic rings. The number of carbonyl (C=O) groups excluding carboxylic acids is 1. The van der Waals surface area contributed by atoms with Gasteiger partial charge in [-0.1, -0.05) is 30.3 Å². The maximum absolute atomic E-state index is 12.4. The molecule has 2 bridgehead atoms. The Morgan fingerprint density at radius 3 is 2.86 bits per heavy atom. The first-order valence-electron chi connectivity index (χ1n) is 7.41. The number of ether oxygens (including phenoxy) is 1. The summed E-state index contributed by atoms with van der Waals surface area (Å²) in [6.07, 6.45) is 0.618. The minimum Gasteiger partial charge on any atom is -0.512 e. The highest BCUT2D eigenvalue weighted by atomic mass is 16.5. The van der Waals surface area contributed by atoms with Crippen LogP contribution in [0.3, 0.4) is 0 Å². The van der Waals surface area contributed by atoms with E-state index in [0.717, 1.165) is 22.1 Å². The van der Waals surface area contributed by atoms with E-state index in [9.17, 15) is 9.90 Å². The Bertz CT molecular complexity index is 835. The fraction of sp³-hybridized carbons (Fsp3) is 0.278. The van der Waals surface area contributed by atoms with E-state index in [1.54, 1.807) is 6.92 Å². The summed E-state index contributed by atoms with van der Waals surface area (Å²) >= 11 is 0. The van der Waals surface area contributed by atoms with Crippen LogP contribution in [-0.4, -0.2) is 16.7 Å². The van der Waals surface area contributed by atoms with Crippen LogP contribution in [0.1, 0.15) is 31.7 Å². The van der Waals surface area contributed by atoms with Crippen molar-refractivity contribution in [2.24, 2.45) is 0 Å². The van der Waals surface area contributed by atoms with Gasteiger partial charge in [0, 0.05) is 17.9 Å². The number of benzene rings is 2. The second-order valence-electron chi connectivity index (χ2n) is 6.24. The van der Waals surface area contributed by atoms with Crippen LogP contribution in [0.5, 0.6) is 5.75 Å². The summed E-state index contributed by atoms with van der Waals surface area (Å²) in [5.41, 5.74) is 0.711. The number of carbonyl (C=O) groups is 1. The van der Waals surface area contributed by atoms with E-state index in [1.165, 1.54) is 0 Å². The van der Waals surface area contributed by atoms with Gasteiger partial charge in [0.05, 0.1) is 11.3 Å². The van der Waals surface area contributed by atoms with Crippen molar-refractivity contribution < 1.29 is 14.6 Å². The Hall–Kier alpha value is -2.49. The van der Waals surface area contributed by atoms with E-state index >= 15 is 0 Å². The number of aliphatic hydroxyl groups is 1. The molecule has 4 heteroatoms. The van der Waals surface area contributed by atoms with Gasteiger partial charge in [0.2, 0.25) is 0 Å². The van der Waals surface area contributed by atoms with Gasteiger partial charge in [-0.2, -0.15) is 0 Å². The minimum absolute atomic E-state index is 0.0744. The molecule has 2 aromatic carbocycles. The molecule has 2 atom stereocenters. The molecule has 2 unspecified atom stereocenters. The molecule has 2 aliphatic rings. The first-order valence-corrected chi connectivity index (χ1v) is 7.41. The Balaban J connectivity index is 2.05. The number of rotatable bonds is 0. The summed E-state index contributed by atoms with van der Waals surface area (Å²) in [6.45, 7) is 3.44. The number of allylic oxidation sites excluding steroid dienone is 1.